The Kier molecular flexibility index (Phi) is 4.74. The van der Waals surface area contributed by atoms with Crippen molar-refractivity contribution in [2.24, 2.45) is 0 Å². The second-order valence-corrected chi connectivity index (χ2v) is 6.04. The molecule has 0 saturated carbocycles. The highest BCUT2D eigenvalue weighted by molar-refractivity contribution is 7.84. The molecule has 2 aromatic rings. The van der Waals surface area contributed by atoms with Crippen LogP contribution in [-0.2, 0) is 22.0 Å². The Balaban J connectivity index is 1.85. The van der Waals surface area contributed by atoms with Crippen LogP contribution in [-0.4, -0.2) is 33.7 Å². The van der Waals surface area contributed by atoms with Crippen LogP contribution in [0.25, 0.3) is 10.9 Å². The van der Waals surface area contributed by atoms with Crippen LogP contribution < -0.4 is 5.32 Å². The lowest BCUT2D eigenvalue weighted by Gasteiger charge is -2.03. The van der Waals surface area contributed by atoms with Crippen molar-refractivity contribution >= 4 is 27.6 Å². The quantitative estimate of drug-likeness (QED) is 0.843. The first-order chi connectivity index (χ1) is 9.16. The molecule has 2 N–H and O–H groups in total. The maximum Gasteiger partial charge on any atom is 0.220 e. The number of aryl methyl sites for hydroxylation is 1. The number of H-pyrrole nitrogens is 1. The first kappa shape index (κ1) is 13.8. The highest BCUT2D eigenvalue weighted by Crippen LogP contribution is 2.18. The lowest BCUT2D eigenvalue weighted by atomic mass is 10.1. The second kappa shape index (κ2) is 6.52. The fourth-order valence-corrected chi connectivity index (χ4v) is 2.40. The molecule has 19 heavy (non-hydrogen) atoms. The number of benzene rings is 1. The number of hydrogen-bond acceptors (Lipinski definition) is 2. The van der Waals surface area contributed by atoms with Crippen LogP contribution in [0.3, 0.4) is 0 Å². The number of amides is 1. The van der Waals surface area contributed by atoms with Gasteiger partial charge in [0.15, 0.2) is 0 Å². The van der Waals surface area contributed by atoms with Crippen molar-refractivity contribution < 1.29 is 9.00 Å². The van der Waals surface area contributed by atoms with Gasteiger partial charge in [0.25, 0.3) is 0 Å². The van der Waals surface area contributed by atoms with Gasteiger partial charge in [-0.25, -0.2) is 0 Å². The SMILES string of the molecule is CS(=O)CCNC(=O)CCc1c[nH]c2ccccc12. The number of carbonyl (C=O) groups is 1. The molecule has 2 rings (SSSR count). The molecule has 0 spiro atoms. The first-order valence-corrected chi connectivity index (χ1v) is 8.01. The molecule has 1 atom stereocenters. The molecular weight excluding hydrogens is 260 g/mol. The van der Waals surface area contributed by atoms with Crippen molar-refractivity contribution in [3.8, 4) is 0 Å². The predicted molar refractivity (Wildman–Crippen MR) is 78.6 cm³/mol. The number of hydrogen-bond donors (Lipinski definition) is 2. The van der Waals surface area contributed by atoms with E-state index in [4.69, 9.17) is 0 Å². The molecule has 5 heteroatoms. The molecule has 0 aliphatic rings. The minimum Gasteiger partial charge on any atom is -0.361 e. The van der Waals surface area contributed by atoms with Crippen LogP contribution in [0.15, 0.2) is 30.5 Å². The zero-order valence-electron chi connectivity index (χ0n) is 10.9. The van der Waals surface area contributed by atoms with E-state index >= 15 is 0 Å². The fraction of sp³-hybridized carbons (Fsp3) is 0.357. The summed E-state index contributed by atoms with van der Waals surface area (Å²) < 4.78 is 10.9. The monoisotopic (exact) mass is 278 g/mol. The van der Waals surface area contributed by atoms with Gasteiger partial charge < -0.3 is 10.3 Å². The average molecular weight is 278 g/mol. The standard InChI is InChI=1S/C14H18N2O2S/c1-19(18)9-8-15-14(17)7-6-11-10-16-13-5-3-2-4-12(11)13/h2-5,10,16H,6-9H2,1H3,(H,15,17). The van der Waals surface area contributed by atoms with E-state index in [0.717, 1.165) is 11.1 Å². The molecule has 0 fully saturated rings. The van der Waals surface area contributed by atoms with Crippen LogP contribution in [0.4, 0.5) is 0 Å². The molecule has 1 heterocycles. The summed E-state index contributed by atoms with van der Waals surface area (Å²) in [7, 11) is -0.854. The van der Waals surface area contributed by atoms with Gasteiger partial charge in [-0.05, 0) is 18.1 Å². The van der Waals surface area contributed by atoms with Crippen molar-refractivity contribution in [1.82, 2.24) is 10.3 Å². The van der Waals surface area contributed by atoms with Crippen LogP contribution >= 0.6 is 0 Å². The summed E-state index contributed by atoms with van der Waals surface area (Å²) in [5.74, 6) is 0.523. The van der Waals surface area contributed by atoms with Crippen molar-refractivity contribution in [1.29, 1.82) is 0 Å². The third-order valence-electron chi connectivity index (χ3n) is 3.01. The largest absolute Gasteiger partial charge is 0.361 e. The normalized spacial score (nSPS) is 12.5. The van der Waals surface area contributed by atoms with E-state index in [1.807, 2.05) is 24.4 Å². The fourth-order valence-electron chi connectivity index (χ4n) is 2.01. The zero-order valence-corrected chi connectivity index (χ0v) is 11.8. The van der Waals surface area contributed by atoms with E-state index in [2.05, 4.69) is 16.4 Å². The minimum atomic E-state index is -0.854. The van der Waals surface area contributed by atoms with Crippen LogP contribution in [0.5, 0.6) is 0 Å². The zero-order chi connectivity index (χ0) is 13.7. The van der Waals surface area contributed by atoms with Crippen LogP contribution in [0, 0.1) is 0 Å². The number of aromatic amines is 1. The molecule has 0 aliphatic heterocycles. The summed E-state index contributed by atoms with van der Waals surface area (Å²) in [6.45, 7) is 0.482. The first-order valence-electron chi connectivity index (χ1n) is 6.28. The van der Waals surface area contributed by atoms with E-state index < -0.39 is 10.8 Å². The van der Waals surface area contributed by atoms with Crippen molar-refractivity contribution in [2.75, 3.05) is 18.6 Å². The average Bonchev–Trinajstić information content (AvgIpc) is 2.79. The van der Waals surface area contributed by atoms with Gasteiger partial charge in [0.05, 0.1) is 0 Å². The predicted octanol–water partition coefficient (Wildman–Crippen LogP) is 1.60. The van der Waals surface area contributed by atoms with E-state index in [0.29, 0.717) is 25.1 Å². The molecule has 4 nitrogen and oxygen atoms in total. The van der Waals surface area contributed by atoms with Gasteiger partial charge in [0, 0.05) is 52.9 Å². The second-order valence-electron chi connectivity index (χ2n) is 4.49. The summed E-state index contributed by atoms with van der Waals surface area (Å²) in [4.78, 5) is 14.8. The number of fused-ring (bicyclic) bond motifs is 1. The molecule has 0 saturated heterocycles. The molecule has 102 valence electrons. The highest BCUT2D eigenvalue weighted by atomic mass is 32.2. The van der Waals surface area contributed by atoms with Gasteiger partial charge in [-0.1, -0.05) is 18.2 Å². The van der Waals surface area contributed by atoms with E-state index in [-0.39, 0.29) is 5.91 Å². The third kappa shape index (κ3) is 3.92. The molecule has 1 amide bonds. The Morgan fingerprint density at radius 1 is 1.37 bits per heavy atom. The van der Waals surface area contributed by atoms with E-state index in [1.165, 1.54) is 5.39 Å². The molecule has 1 aromatic heterocycles. The topological polar surface area (TPSA) is 62.0 Å². The van der Waals surface area contributed by atoms with Crippen LogP contribution in [0.1, 0.15) is 12.0 Å². The maximum absolute atomic E-state index is 11.6. The summed E-state index contributed by atoms with van der Waals surface area (Å²) >= 11 is 0. The van der Waals surface area contributed by atoms with Crippen molar-refractivity contribution in [2.45, 2.75) is 12.8 Å². The van der Waals surface area contributed by atoms with E-state index in [9.17, 15) is 9.00 Å². The van der Waals surface area contributed by atoms with Crippen molar-refractivity contribution in [3.63, 3.8) is 0 Å². The molecular formula is C14H18N2O2S. The molecule has 0 bridgehead atoms. The van der Waals surface area contributed by atoms with E-state index in [1.54, 1.807) is 6.26 Å². The van der Waals surface area contributed by atoms with Crippen molar-refractivity contribution in [3.05, 3.63) is 36.0 Å². The Labute approximate surface area is 115 Å². The van der Waals surface area contributed by atoms with Gasteiger partial charge in [0.2, 0.25) is 5.91 Å². The van der Waals surface area contributed by atoms with Gasteiger partial charge in [0.1, 0.15) is 0 Å². The van der Waals surface area contributed by atoms with Gasteiger partial charge >= 0.3 is 0 Å². The number of carbonyl (C=O) groups excluding carboxylic acids is 1. The van der Waals surface area contributed by atoms with Crippen LogP contribution in [0.2, 0.25) is 0 Å². The molecule has 0 aliphatic carbocycles. The lowest BCUT2D eigenvalue weighted by Crippen LogP contribution is -2.27. The smallest absolute Gasteiger partial charge is 0.220 e. The number of para-hydroxylation sites is 1. The number of rotatable bonds is 6. The van der Waals surface area contributed by atoms with Gasteiger partial charge in [-0.15, -0.1) is 0 Å². The maximum atomic E-state index is 11.6. The summed E-state index contributed by atoms with van der Waals surface area (Å²) in [5.41, 5.74) is 2.25. The lowest BCUT2D eigenvalue weighted by molar-refractivity contribution is -0.120. The Bertz CT molecular complexity index is 592. The van der Waals surface area contributed by atoms with Gasteiger partial charge in [-0.2, -0.15) is 0 Å². The highest BCUT2D eigenvalue weighted by Gasteiger charge is 2.06. The summed E-state index contributed by atoms with van der Waals surface area (Å²) in [6.07, 6.45) is 4.76. The minimum absolute atomic E-state index is 0.00994. The molecule has 1 aromatic carbocycles. The molecule has 0 radical (unpaired) electrons. The van der Waals surface area contributed by atoms with Gasteiger partial charge in [-0.3, -0.25) is 9.00 Å². The number of aromatic nitrogens is 1. The third-order valence-corrected chi connectivity index (χ3v) is 3.79. The number of nitrogens with one attached hydrogen (secondary N) is 2. The summed E-state index contributed by atoms with van der Waals surface area (Å²) in [5, 5.41) is 3.95. The summed E-state index contributed by atoms with van der Waals surface area (Å²) in [6, 6.07) is 8.06. The Morgan fingerprint density at radius 2 is 2.16 bits per heavy atom. The molecule has 1 unspecified atom stereocenters. The Hall–Kier alpha value is -1.62. The Morgan fingerprint density at radius 3 is 2.95 bits per heavy atom.